The van der Waals surface area contributed by atoms with Crippen molar-refractivity contribution in [2.75, 3.05) is 13.7 Å². The molecule has 2 aromatic rings. The van der Waals surface area contributed by atoms with Gasteiger partial charge in [0.25, 0.3) is 11.6 Å². The lowest BCUT2D eigenvalue weighted by molar-refractivity contribution is -0.384. The molecule has 0 unspecified atom stereocenters. The van der Waals surface area contributed by atoms with E-state index < -0.39 is 16.8 Å². The zero-order chi connectivity index (χ0) is 16.8. The highest BCUT2D eigenvalue weighted by Gasteiger charge is 2.18. The van der Waals surface area contributed by atoms with Gasteiger partial charge in [0.05, 0.1) is 24.8 Å². The Morgan fingerprint density at radius 2 is 2.22 bits per heavy atom. The molecule has 0 bridgehead atoms. The van der Waals surface area contributed by atoms with E-state index in [1.165, 1.54) is 42.4 Å². The van der Waals surface area contributed by atoms with E-state index in [4.69, 9.17) is 0 Å². The van der Waals surface area contributed by atoms with Gasteiger partial charge in [0, 0.05) is 30.6 Å². The summed E-state index contributed by atoms with van der Waals surface area (Å²) >= 11 is 0. The van der Waals surface area contributed by atoms with E-state index in [2.05, 4.69) is 15.0 Å². The SMILES string of the molecule is COC(=O)CCNC(=O)c1ccc(-n2ccnc2)c([N+](=O)[O-])c1. The van der Waals surface area contributed by atoms with Crippen molar-refractivity contribution in [3.63, 3.8) is 0 Å². The summed E-state index contributed by atoms with van der Waals surface area (Å²) in [6.45, 7) is 0.0859. The molecule has 0 saturated carbocycles. The summed E-state index contributed by atoms with van der Waals surface area (Å²) in [7, 11) is 1.25. The van der Waals surface area contributed by atoms with Crippen LogP contribution in [0.1, 0.15) is 16.8 Å². The fourth-order valence-corrected chi connectivity index (χ4v) is 1.91. The maximum absolute atomic E-state index is 12.0. The monoisotopic (exact) mass is 318 g/mol. The molecular formula is C14H14N4O5. The highest BCUT2D eigenvalue weighted by atomic mass is 16.6. The number of benzene rings is 1. The molecule has 9 heteroatoms. The fourth-order valence-electron chi connectivity index (χ4n) is 1.91. The summed E-state index contributed by atoms with van der Waals surface area (Å²) < 4.78 is 5.94. The van der Waals surface area contributed by atoms with Gasteiger partial charge in [0.1, 0.15) is 5.69 Å². The normalized spacial score (nSPS) is 10.1. The molecule has 1 N–H and O–H groups in total. The van der Waals surface area contributed by atoms with Crippen LogP contribution < -0.4 is 5.32 Å². The molecule has 0 atom stereocenters. The van der Waals surface area contributed by atoms with E-state index in [0.29, 0.717) is 5.69 Å². The Morgan fingerprint density at radius 3 is 2.83 bits per heavy atom. The number of hydrogen-bond acceptors (Lipinski definition) is 6. The molecule has 120 valence electrons. The number of ether oxygens (including phenoxy) is 1. The first-order chi connectivity index (χ1) is 11.0. The standard InChI is InChI=1S/C14H14N4O5/c1-23-13(19)4-5-16-14(20)10-2-3-11(12(8-10)18(21)22)17-7-6-15-9-17/h2-3,6-9H,4-5H2,1H3,(H,16,20). The van der Waals surface area contributed by atoms with Gasteiger partial charge in [0.15, 0.2) is 0 Å². The minimum absolute atomic E-state index is 0.0253. The van der Waals surface area contributed by atoms with Crippen LogP contribution in [0.3, 0.4) is 0 Å². The quantitative estimate of drug-likeness (QED) is 0.484. The minimum atomic E-state index is -0.569. The molecule has 0 aliphatic heterocycles. The van der Waals surface area contributed by atoms with E-state index in [1.807, 2.05) is 0 Å². The number of imidazole rings is 1. The van der Waals surface area contributed by atoms with Gasteiger partial charge < -0.3 is 14.6 Å². The van der Waals surface area contributed by atoms with Gasteiger partial charge in [-0.2, -0.15) is 0 Å². The number of nitrogens with zero attached hydrogens (tertiary/aromatic N) is 3. The van der Waals surface area contributed by atoms with Crippen LogP contribution >= 0.6 is 0 Å². The maximum Gasteiger partial charge on any atom is 0.307 e. The van der Waals surface area contributed by atoms with Crippen molar-refractivity contribution < 1.29 is 19.2 Å². The number of aromatic nitrogens is 2. The van der Waals surface area contributed by atoms with Crippen LogP contribution in [0.5, 0.6) is 0 Å². The van der Waals surface area contributed by atoms with Crippen LogP contribution in [0.4, 0.5) is 5.69 Å². The second-order valence-corrected chi connectivity index (χ2v) is 4.51. The number of hydrogen-bond donors (Lipinski definition) is 1. The van der Waals surface area contributed by atoms with Crippen LogP contribution in [0, 0.1) is 10.1 Å². The van der Waals surface area contributed by atoms with Crippen LogP contribution in [0.2, 0.25) is 0 Å². The third kappa shape index (κ3) is 3.90. The Labute approximate surface area is 131 Å². The third-order valence-electron chi connectivity index (χ3n) is 3.06. The van der Waals surface area contributed by atoms with Gasteiger partial charge in [-0.05, 0) is 12.1 Å². The van der Waals surface area contributed by atoms with Crippen molar-refractivity contribution in [1.29, 1.82) is 0 Å². The largest absolute Gasteiger partial charge is 0.469 e. The van der Waals surface area contributed by atoms with Crippen molar-refractivity contribution in [1.82, 2.24) is 14.9 Å². The number of carbonyl (C=O) groups is 2. The molecule has 0 aliphatic carbocycles. The number of nitro groups is 1. The van der Waals surface area contributed by atoms with E-state index >= 15 is 0 Å². The summed E-state index contributed by atoms with van der Waals surface area (Å²) in [6.07, 6.45) is 4.52. The summed E-state index contributed by atoms with van der Waals surface area (Å²) in [5.41, 5.74) is 0.215. The van der Waals surface area contributed by atoms with E-state index in [9.17, 15) is 19.7 Å². The van der Waals surface area contributed by atoms with Gasteiger partial charge in [0.2, 0.25) is 0 Å². The van der Waals surface area contributed by atoms with E-state index in [-0.39, 0.29) is 24.2 Å². The van der Waals surface area contributed by atoms with Crippen molar-refractivity contribution in [3.8, 4) is 5.69 Å². The first-order valence-corrected chi connectivity index (χ1v) is 6.64. The van der Waals surface area contributed by atoms with E-state index in [0.717, 1.165) is 0 Å². The minimum Gasteiger partial charge on any atom is -0.469 e. The first-order valence-electron chi connectivity index (χ1n) is 6.64. The molecule has 1 aromatic carbocycles. The third-order valence-corrected chi connectivity index (χ3v) is 3.06. The van der Waals surface area contributed by atoms with Crippen LogP contribution in [-0.4, -0.2) is 40.0 Å². The number of amides is 1. The molecule has 0 aliphatic rings. The second kappa shape index (κ2) is 7.16. The number of nitro benzene ring substituents is 1. The Balaban J connectivity index is 2.17. The van der Waals surface area contributed by atoms with Gasteiger partial charge in [-0.1, -0.05) is 0 Å². The molecule has 2 rings (SSSR count). The Hall–Kier alpha value is -3.23. The molecule has 0 fully saturated rings. The lowest BCUT2D eigenvalue weighted by atomic mass is 10.1. The lowest BCUT2D eigenvalue weighted by Crippen LogP contribution is -2.26. The number of methoxy groups -OCH3 is 1. The highest BCUT2D eigenvalue weighted by Crippen LogP contribution is 2.24. The number of esters is 1. The summed E-state index contributed by atoms with van der Waals surface area (Å²) in [6, 6.07) is 4.12. The summed E-state index contributed by atoms with van der Waals surface area (Å²) in [5, 5.41) is 13.7. The Morgan fingerprint density at radius 1 is 1.43 bits per heavy atom. The molecule has 9 nitrogen and oxygen atoms in total. The predicted octanol–water partition coefficient (Wildman–Crippen LogP) is 1.07. The van der Waals surface area contributed by atoms with Gasteiger partial charge in [-0.3, -0.25) is 19.7 Å². The van der Waals surface area contributed by atoms with Gasteiger partial charge >= 0.3 is 5.97 Å². The van der Waals surface area contributed by atoms with E-state index in [1.54, 1.807) is 6.20 Å². The number of rotatable bonds is 6. The lowest BCUT2D eigenvalue weighted by Gasteiger charge is -2.07. The number of nitrogens with one attached hydrogen (secondary N) is 1. The topological polar surface area (TPSA) is 116 Å². The highest BCUT2D eigenvalue weighted by molar-refractivity contribution is 5.95. The van der Waals surface area contributed by atoms with Gasteiger partial charge in [-0.15, -0.1) is 0 Å². The fraction of sp³-hybridized carbons (Fsp3) is 0.214. The molecule has 1 amide bonds. The zero-order valence-electron chi connectivity index (χ0n) is 12.3. The molecule has 0 spiro atoms. The molecule has 1 heterocycles. The second-order valence-electron chi connectivity index (χ2n) is 4.51. The van der Waals surface area contributed by atoms with Crippen LogP contribution in [0.15, 0.2) is 36.9 Å². The smallest absolute Gasteiger partial charge is 0.307 e. The predicted molar refractivity (Wildman–Crippen MR) is 79.2 cm³/mol. The molecule has 0 radical (unpaired) electrons. The molecule has 1 aromatic heterocycles. The Kier molecular flexibility index (Phi) is 5.03. The molecule has 0 saturated heterocycles. The molecule has 23 heavy (non-hydrogen) atoms. The van der Waals surface area contributed by atoms with Crippen LogP contribution in [-0.2, 0) is 9.53 Å². The molecular weight excluding hydrogens is 304 g/mol. The van der Waals surface area contributed by atoms with Gasteiger partial charge in [-0.25, -0.2) is 4.98 Å². The maximum atomic E-state index is 12.0. The first kappa shape index (κ1) is 16.1. The Bertz CT molecular complexity index is 727. The number of carbonyl (C=O) groups excluding carboxylic acids is 2. The zero-order valence-corrected chi connectivity index (χ0v) is 12.3. The average molecular weight is 318 g/mol. The van der Waals surface area contributed by atoms with Crippen LogP contribution in [0.25, 0.3) is 5.69 Å². The van der Waals surface area contributed by atoms with Crippen molar-refractivity contribution in [3.05, 3.63) is 52.6 Å². The average Bonchev–Trinajstić information content (AvgIpc) is 3.08. The van der Waals surface area contributed by atoms with Crippen molar-refractivity contribution >= 4 is 17.6 Å². The summed E-state index contributed by atoms with van der Waals surface area (Å²) in [5.74, 6) is -0.957. The van der Waals surface area contributed by atoms with Crippen molar-refractivity contribution in [2.24, 2.45) is 0 Å². The summed E-state index contributed by atoms with van der Waals surface area (Å²) in [4.78, 5) is 37.4. The van der Waals surface area contributed by atoms with Crippen molar-refractivity contribution in [2.45, 2.75) is 6.42 Å².